The highest BCUT2D eigenvalue weighted by molar-refractivity contribution is 5.34. The molecule has 1 N–H and O–H groups in total. The molecule has 2 saturated carbocycles. The van der Waals surface area contributed by atoms with Gasteiger partial charge in [-0.1, -0.05) is 12.8 Å². The fraction of sp³-hybridized carbons (Fsp3) is 0.733. The number of nitrogens with zero attached hydrogens (tertiary/aromatic N) is 2. The molecule has 0 amide bonds. The molecule has 1 aromatic rings. The van der Waals surface area contributed by atoms with E-state index in [1.54, 1.807) is 0 Å². The summed E-state index contributed by atoms with van der Waals surface area (Å²) < 4.78 is 0. The first-order valence-corrected chi connectivity index (χ1v) is 7.44. The van der Waals surface area contributed by atoms with Crippen molar-refractivity contribution in [2.24, 2.45) is 5.41 Å². The Morgan fingerprint density at radius 2 is 2.00 bits per heavy atom. The minimum Gasteiger partial charge on any atom is -0.351 e. The molecule has 3 aliphatic carbocycles. The normalized spacial score (nSPS) is 25.1. The third-order valence-corrected chi connectivity index (χ3v) is 4.99. The van der Waals surface area contributed by atoms with Crippen LogP contribution in [0.15, 0.2) is 6.20 Å². The summed E-state index contributed by atoms with van der Waals surface area (Å²) in [5.41, 5.74) is 3.34. The lowest BCUT2D eigenvalue weighted by molar-refractivity contribution is 0.252. The van der Waals surface area contributed by atoms with Gasteiger partial charge in [-0.05, 0) is 55.9 Å². The summed E-state index contributed by atoms with van der Waals surface area (Å²) in [4.78, 5) is 9.23. The van der Waals surface area contributed by atoms with E-state index in [4.69, 9.17) is 4.98 Å². The van der Waals surface area contributed by atoms with Gasteiger partial charge in [0.25, 0.3) is 0 Å². The lowest BCUT2D eigenvalue weighted by Crippen LogP contribution is -2.27. The van der Waals surface area contributed by atoms with Crippen molar-refractivity contribution in [3.8, 4) is 0 Å². The summed E-state index contributed by atoms with van der Waals surface area (Å²) in [7, 11) is 0. The van der Waals surface area contributed by atoms with E-state index in [1.807, 2.05) is 0 Å². The third kappa shape index (κ3) is 1.90. The first-order valence-electron chi connectivity index (χ1n) is 7.44. The van der Waals surface area contributed by atoms with E-state index in [1.165, 1.54) is 62.6 Å². The number of aryl methyl sites for hydroxylation is 1. The monoisotopic (exact) mass is 243 g/mol. The Balaban J connectivity index is 1.57. The number of aromatic nitrogens is 2. The fourth-order valence-corrected chi connectivity index (χ4v) is 3.71. The number of anilines is 1. The van der Waals surface area contributed by atoms with Gasteiger partial charge in [0.1, 0.15) is 0 Å². The van der Waals surface area contributed by atoms with E-state index < -0.39 is 0 Å². The molecule has 0 aromatic carbocycles. The predicted molar refractivity (Wildman–Crippen MR) is 71.6 cm³/mol. The molecule has 1 heterocycles. The Morgan fingerprint density at radius 3 is 2.78 bits per heavy atom. The van der Waals surface area contributed by atoms with Crippen molar-refractivity contribution >= 4 is 5.95 Å². The molecule has 0 unspecified atom stereocenters. The molecule has 96 valence electrons. The Kier molecular flexibility index (Phi) is 2.36. The van der Waals surface area contributed by atoms with Crippen LogP contribution in [0.25, 0.3) is 0 Å². The van der Waals surface area contributed by atoms with Crippen LogP contribution < -0.4 is 5.32 Å². The molecule has 3 aliphatic rings. The summed E-state index contributed by atoms with van der Waals surface area (Å²) in [5, 5.41) is 3.40. The molecule has 18 heavy (non-hydrogen) atoms. The number of hydrogen-bond donors (Lipinski definition) is 1. The van der Waals surface area contributed by atoms with E-state index >= 15 is 0 Å². The molecule has 2 fully saturated rings. The Hall–Kier alpha value is -1.12. The van der Waals surface area contributed by atoms with Crippen LogP contribution in [0.4, 0.5) is 5.95 Å². The van der Waals surface area contributed by atoms with Crippen molar-refractivity contribution in [1.82, 2.24) is 9.97 Å². The van der Waals surface area contributed by atoms with Crippen LogP contribution in [-0.4, -0.2) is 16.0 Å². The molecular weight excluding hydrogens is 222 g/mol. The average Bonchev–Trinajstić information content (AvgIpc) is 3.09. The van der Waals surface area contributed by atoms with Crippen molar-refractivity contribution < 1.29 is 0 Å². The number of rotatable bonds is 2. The van der Waals surface area contributed by atoms with Gasteiger partial charge in [-0.2, -0.15) is 0 Å². The number of fused-ring (bicyclic) bond motifs is 1. The highest BCUT2D eigenvalue weighted by Gasteiger charge is 2.37. The minimum atomic E-state index is 0.613. The van der Waals surface area contributed by atoms with Crippen LogP contribution in [0.5, 0.6) is 0 Å². The maximum Gasteiger partial charge on any atom is 0.223 e. The van der Waals surface area contributed by atoms with E-state index in [0.717, 1.165) is 12.4 Å². The van der Waals surface area contributed by atoms with Crippen molar-refractivity contribution in [2.45, 2.75) is 63.8 Å². The predicted octanol–water partition coefficient (Wildman–Crippen LogP) is 3.10. The molecule has 1 aromatic heterocycles. The van der Waals surface area contributed by atoms with Gasteiger partial charge in [-0.25, -0.2) is 9.97 Å². The lowest BCUT2D eigenvalue weighted by Gasteiger charge is -2.34. The number of hydrogen-bond acceptors (Lipinski definition) is 3. The van der Waals surface area contributed by atoms with Crippen LogP contribution in [0, 0.1) is 5.41 Å². The van der Waals surface area contributed by atoms with Gasteiger partial charge in [-0.15, -0.1) is 0 Å². The van der Waals surface area contributed by atoms with Crippen molar-refractivity contribution in [2.75, 3.05) is 5.32 Å². The van der Waals surface area contributed by atoms with Gasteiger partial charge in [0.2, 0.25) is 5.95 Å². The quantitative estimate of drug-likeness (QED) is 0.867. The van der Waals surface area contributed by atoms with Gasteiger partial charge in [0.05, 0.1) is 0 Å². The highest BCUT2D eigenvalue weighted by atomic mass is 15.1. The molecular formula is C15H21N3. The molecule has 0 bridgehead atoms. The first-order chi connectivity index (χ1) is 8.83. The van der Waals surface area contributed by atoms with Crippen molar-refractivity contribution in [3.63, 3.8) is 0 Å². The second-order valence-electron chi connectivity index (χ2n) is 6.47. The zero-order valence-electron chi connectivity index (χ0n) is 10.9. The summed E-state index contributed by atoms with van der Waals surface area (Å²) in [6.45, 7) is 0. The summed E-state index contributed by atoms with van der Waals surface area (Å²) in [6.07, 6.45) is 14.1. The molecule has 0 radical (unpaired) electrons. The van der Waals surface area contributed by atoms with E-state index in [0.29, 0.717) is 11.5 Å². The Morgan fingerprint density at radius 1 is 1.17 bits per heavy atom. The van der Waals surface area contributed by atoms with Crippen molar-refractivity contribution in [1.29, 1.82) is 0 Å². The highest BCUT2D eigenvalue weighted by Crippen LogP contribution is 2.47. The molecule has 0 aliphatic heterocycles. The minimum absolute atomic E-state index is 0.613. The second-order valence-corrected chi connectivity index (χ2v) is 6.47. The average molecular weight is 243 g/mol. The van der Waals surface area contributed by atoms with E-state index in [2.05, 4.69) is 16.5 Å². The topological polar surface area (TPSA) is 37.8 Å². The Bertz CT molecular complexity index is 459. The molecule has 4 rings (SSSR count). The molecule has 3 nitrogen and oxygen atoms in total. The summed E-state index contributed by atoms with van der Waals surface area (Å²) >= 11 is 0. The molecule has 3 heteroatoms. The smallest absolute Gasteiger partial charge is 0.223 e. The fourth-order valence-electron chi connectivity index (χ4n) is 3.71. The van der Waals surface area contributed by atoms with Crippen LogP contribution in [0.2, 0.25) is 0 Å². The van der Waals surface area contributed by atoms with E-state index in [-0.39, 0.29) is 0 Å². The van der Waals surface area contributed by atoms with Gasteiger partial charge in [0, 0.05) is 17.9 Å². The molecule has 1 spiro atoms. The number of nitrogens with one attached hydrogen (secondary N) is 1. The summed E-state index contributed by atoms with van der Waals surface area (Å²) in [6, 6.07) is 0.646. The van der Waals surface area contributed by atoms with Crippen LogP contribution in [0.3, 0.4) is 0 Å². The van der Waals surface area contributed by atoms with Gasteiger partial charge >= 0.3 is 0 Å². The van der Waals surface area contributed by atoms with Crippen molar-refractivity contribution in [3.05, 3.63) is 17.5 Å². The van der Waals surface area contributed by atoms with Crippen LogP contribution >= 0.6 is 0 Å². The zero-order valence-corrected chi connectivity index (χ0v) is 10.9. The van der Waals surface area contributed by atoms with Crippen LogP contribution in [0.1, 0.15) is 56.2 Å². The molecule has 0 atom stereocenters. The van der Waals surface area contributed by atoms with Gasteiger partial charge in [-0.3, -0.25) is 0 Å². The third-order valence-electron chi connectivity index (χ3n) is 4.99. The van der Waals surface area contributed by atoms with Gasteiger partial charge in [0.15, 0.2) is 0 Å². The summed E-state index contributed by atoms with van der Waals surface area (Å²) in [5.74, 6) is 0.860. The zero-order chi connectivity index (χ0) is 12.0. The second kappa shape index (κ2) is 3.94. The maximum atomic E-state index is 4.73. The SMILES string of the molecule is c1nc(NC2CC2)nc2c1CC1(CCCC1)CC2. The Labute approximate surface area is 108 Å². The van der Waals surface area contributed by atoms with E-state index in [9.17, 15) is 0 Å². The maximum absolute atomic E-state index is 4.73. The lowest BCUT2D eigenvalue weighted by atomic mass is 9.72. The standard InChI is InChI=1S/C15H21N3/c1-2-7-15(6-1)8-5-13-11(9-15)10-16-14(18-13)17-12-3-4-12/h10,12H,1-9H2,(H,16,17,18). The van der Waals surface area contributed by atoms with Gasteiger partial charge < -0.3 is 5.32 Å². The molecule has 0 saturated heterocycles. The first kappa shape index (κ1) is 10.8. The van der Waals surface area contributed by atoms with Crippen LogP contribution in [-0.2, 0) is 12.8 Å². The largest absolute Gasteiger partial charge is 0.351 e.